The predicted octanol–water partition coefficient (Wildman–Crippen LogP) is 2.29. The van der Waals surface area contributed by atoms with Gasteiger partial charge in [-0.3, -0.25) is 19.4 Å². The van der Waals surface area contributed by atoms with Gasteiger partial charge in [-0.2, -0.15) is 0 Å². The van der Waals surface area contributed by atoms with Gasteiger partial charge in [0.25, 0.3) is 0 Å². The molecule has 0 saturated carbocycles. The molecule has 1 atom stereocenters. The average molecular weight is 440 g/mol. The van der Waals surface area contributed by atoms with Crippen LogP contribution in [-0.2, 0) is 29.2 Å². The number of hydrogen-bond donors (Lipinski definition) is 1. The van der Waals surface area contributed by atoms with Gasteiger partial charge < -0.3 is 19.1 Å². The summed E-state index contributed by atoms with van der Waals surface area (Å²) in [5, 5.41) is 9.29. The molecule has 8 nitrogen and oxygen atoms in total. The van der Waals surface area contributed by atoms with Crippen LogP contribution >= 0.6 is 0 Å². The number of carboxylic acids is 1. The molecule has 170 valence electrons. The van der Waals surface area contributed by atoms with Crippen LogP contribution in [0.2, 0.25) is 0 Å². The minimum Gasteiger partial charge on any atom is -0.486 e. The number of carbonyl (C=O) groups is 2. The van der Waals surface area contributed by atoms with Crippen molar-refractivity contribution in [3.63, 3.8) is 0 Å². The number of benzene rings is 1. The highest BCUT2D eigenvalue weighted by Crippen LogP contribution is 2.24. The summed E-state index contributed by atoms with van der Waals surface area (Å²) < 4.78 is 11.4. The molecular weight excluding hydrogens is 412 g/mol. The number of nitrogens with zero attached hydrogens (tertiary/aromatic N) is 2. The fraction of sp³-hybridized carbons (Fsp3) is 0.458. The summed E-state index contributed by atoms with van der Waals surface area (Å²) in [6.45, 7) is 3.80. The maximum absolute atomic E-state index is 12.5. The molecule has 0 aliphatic carbocycles. The maximum atomic E-state index is 12.5. The zero-order valence-electron chi connectivity index (χ0n) is 17.9. The second kappa shape index (κ2) is 10.1. The van der Waals surface area contributed by atoms with Crippen LogP contribution in [0.1, 0.15) is 36.1 Å². The Morgan fingerprint density at radius 3 is 2.50 bits per heavy atom. The van der Waals surface area contributed by atoms with Crippen LogP contribution in [0.4, 0.5) is 0 Å². The lowest BCUT2D eigenvalue weighted by Gasteiger charge is -2.34. The zero-order chi connectivity index (χ0) is 22.5. The average Bonchev–Trinajstić information content (AvgIpc) is 3.19. The number of piperidine rings is 1. The number of rotatable bonds is 9. The van der Waals surface area contributed by atoms with Crippen molar-refractivity contribution in [2.24, 2.45) is 5.92 Å². The van der Waals surface area contributed by atoms with E-state index in [1.165, 1.54) is 23.5 Å². The van der Waals surface area contributed by atoms with E-state index in [-0.39, 0.29) is 23.5 Å². The first-order valence-corrected chi connectivity index (χ1v) is 11.0. The molecule has 1 aromatic heterocycles. The zero-order valence-corrected chi connectivity index (χ0v) is 17.9. The molecule has 3 heterocycles. The number of ether oxygens (including phenoxy) is 1. The molecule has 1 saturated heterocycles. The fourth-order valence-electron chi connectivity index (χ4n) is 4.50. The molecule has 0 radical (unpaired) electrons. The van der Waals surface area contributed by atoms with Gasteiger partial charge in [0, 0.05) is 25.6 Å². The summed E-state index contributed by atoms with van der Waals surface area (Å²) in [6, 6.07) is 9.05. The van der Waals surface area contributed by atoms with Crippen LogP contribution in [0.5, 0.6) is 5.75 Å². The van der Waals surface area contributed by atoms with Gasteiger partial charge in [-0.05, 0) is 43.0 Å². The molecule has 8 heteroatoms. The van der Waals surface area contributed by atoms with E-state index in [1.54, 1.807) is 0 Å². The van der Waals surface area contributed by atoms with Crippen molar-refractivity contribution in [2.45, 2.75) is 44.9 Å². The summed E-state index contributed by atoms with van der Waals surface area (Å²) in [5.41, 5.74) is 2.42. The van der Waals surface area contributed by atoms with Crippen LogP contribution in [0.25, 0.3) is 0 Å². The third-order valence-corrected chi connectivity index (χ3v) is 6.31. The van der Waals surface area contributed by atoms with E-state index in [0.29, 0.717) is 38.3 Å². The predicted molar refractivity (Wildman–Crippen MR) is 116 cm³/mol. The van der Waals surface area contributed by atoms with Crippen LogP contribution < -0.4 is 10.2 Å². The largest absolute Gasteiger partial charge is 0.486 e. The Hall–Kier alpha value is -2.97. The lowest BCUT2D eigenvalue weighted by Crippen LogP contribution is -2.46. The van der Waals surface area contributed by atoms with Crippen molar-refractivity contribution in [3.05, 3.63) is 63.7 Å². The van der Waals surface area contributed by atoms with Gasteiger partial charge in [-0.25, -0.2) is 0 Å². The highest BCUT2D eigenvalue weighted by atomic mass is 16.5. The van der Waals surface area contributed by atoms with Gasteiger partial charge in [-0.15, -0.1) is 0 Å². The number of aldehydes is 1. The SMILES string of the molecule is O=CCC(C(=O)O)N1CCC(COc2coc(CN3Cc4ccccc4C3)cc2=O)CC1. The summed E-state index contributed by atoms with van der Waals surface area (Å²) in [4.78, 5) is 38.6. The van der Waals surface area contributed by atoms with Gasteiger partial charge in [0.15, 0.2) is 0 Å². The Morgan fingerprint density at radius 2 is 1.91 bits per heavy atom. The number of aliphatic carboxylic acids is 1. The van der Waals surface area contributed by atoms with E-state index in [4.69, 9.17) is 9.15 Å². The number of carboxylic acid groups (broad SMARTS) is 1. The number of hydrogen-bond acceptors (Lipinski definition) is 7. The van der Waals surface area contributed by atoms with Gasteiger partial charge in [0.1, 0.15) is 24.4 Å². The Bertz CT molecular complexity index is 987. The van der Waals surface area contributed by atoms with Gasteiger partial charge in [-0.1, -0.05) is 24.3 Å². The van der Waals surface area contributed by atoms with Crippen molar-refractivity contribution >= 4 is 12.3 Å². The van der Waals surface area contributed by atoms with Gasteiger partial charge in [0.05, 0.1) is 13.2 Å². The molecule has 0 spiro atoms. The molecule has 1 aromatic carbocycles. The van der Waals surface area contributed by atoms with Crippen molar-refractivity contribution in [3.8, 4) is 5.75 Å². The molecular formula is C24H28N2O6. The molecule has 32 heavy (non-hydrogen) atoms. The van der Waals surface area contributed by atoms with E-state index in [9.17, 15) is 19.5 Å². The number of fused-ring (bicyclic) bond motifs is 1. The Kier molecular flexibility index (Phi) is 7.02. The maximum Gasteiger partial charge on any atom is 0.321 e. The van der Waals surface area contributed by atoms with Crippen LogP contribution in [0, 0.1) is 5.92 Å². The number of likely N-dealkylation sites (tertiary alicyclic amines) is 1. The molecule has 1 unspecified atom stereocenters. The van der Waals surface area contributed by atoms with Crippen LogP contribution in [0.15, 0.2) is 45.8 Å². The highest BCUT2D eigenvalue weighted by molar-refractivity contribution is 5.76. The van der Waals surface area contributed by atoms with E-state index in [1.807, 2.05) is 17.0 Å². The molecule has 0 bridgehead atoms. The third kappa shape index (κ3) is 5.26. The minimum absolute atomic E-state index is 0.00654. The lowest BCUT2D eigenvalue weighted by atomic mass is 9.96. The Labute approximate surface area is 186 Å². The van der Waals surface area contributed by atoms with E-state index in [0.717, 1.165) is 25.9 Å². The number of carbonyl (C=O) groups excluding carboxylic acids is 1. The Balaban J connectivity index is 1.26. The molecule has 0 amide bonds. The second-order valence-electron chi connectivity index (χ2n) is 8.54. The molecule has 2 aliphatic rings. The summed E-state index contributed by atoms with van der Waals surface area (Å²) >= 11 is 0. The Morgan fingerprint density at radius 1 is 1.22 bits per heavy atom. The monoisotopic (exact) mass is 440 g/mol. The molecule has 2 aromatic rings. The summed E-state index contributed by atoms with van der Waals surface area (Å²) in [6.07, 6.45) is 3.54. The fourth-order valence-corrected chi connectivity index (χ4v) is 4.50. The quantitative estimate of drug-likeness (QED) is 0.593. The van der Waals surface area contributed by atoms with E-state index >= 15 is 0 Å². The minimum atomic E-state index is -0.970. The van der Waals surface area contributed by atoms with E-state index < -0.39 is 12.0 Å². The van der Waals surface area contributed by atoms with Crippen LogP contribution in [-0.4, -0.2) is 52.9 Å². The first-order chi connectivity index (χ1) is 15.5. The second-order valence-corrected chi connectivity index (χ2v) is 8.54. The topological polar surface area (TPSA) is 100 Å². The van der Waals surface area contributed by atoms with Gasteiger partial charge >= 0.3 is 5.97 Å². The summed E-state index contributed by atoms with van der Waals surface area (Å²) in [7, 11) is 0. The first kappa shape index (κ1) is 22.2. The van der Waals surface area contributed by atoms with Crippen molar-refractivity contribution < 1.29 is 23.8 Å². The lowest BCUT2D eigenvalue weighted by molar-refractivity contribution is -0.145. The smallest absolute Gasteiger partial charge is 0.321 e. The van der Waals surface area contributed by atoms with Crippen LogP contribution in [0.3, 0.4) is 0 Å². The normalized spacial score (nSPS) is 18.2. The standard InChI is InChI=1S/C24H28N2O6/c27-10-7-21(24(29)30)26-8-5-17(6-9-26)15-32-23-16-31-20(11-22(23)28)14-25-12-18-3-1-2-4-19(18)13-25/h1-4,10-11,16-17,21H,5-9,12-15H2,(H,29,30). The van der Waals surface area contributed by atoms with Crippen molar-refractivity contribution in [2.75, 3.05) is 19.7 Å². The van der Waals surface area contributed by atoms with E-state index in [2.05, 4.69) is 17.0 Å². The molecule has 1 N–H and O–H groups in total. The van der Waals surface area contributed by atoms with Crippen molar-refractivity contribution in [1.82, 2.24) is 9.80 Å². The highest BCUT2D eigenvalue weighted by Gasteiger charge is 2.29. The molecule has 4 rings (SSSR count). The van der Waals surface area contributed by atoms with Gasteiger partial charge in [0.2, 0.25) is 11.2 Å². The third-order valence-electron chi connectivity index (χ3n) is 6.31. The van der Waals surface area contributed by atoms with Crippen molar-refractivity contribution in [1.29, 1.82) is 0 Å². The summed E-state index contributed by atoms with van der Waals surface area (Å²) in [5.74, 6) is 0.0602. The molecule has 2 aliphatic heterocycles. The first-order valence-electron chi connectivity index (χ1n) is 11.0. The molecule has 1 fully saturated rings.